The molecule has 1 atom stereocenters. The number of carbonyl (C=O) groups is 1. The Morgan fingerprint density at radius 1 is 1.50 bits per heavy atom. The highest BCUT2D eigenvalue weighted by Gasteiger charge is 2.18. The van der Waals surface area contributed by atoms with Gasteiger partial charge in [0, 0.05) is 4.48 Å². The van der Waals surface area contributed by atoms with Crippen molar-refractivity contribution in [1.82, 2.24) is 0 Å². The van der Waals surface area contributed by atoms with Gasteiger partial charge in [-0.15, -0.1) is 0 Å². The van der Waals surface area contributed by atoms with E-state index in [0.29, 0.717) is 0 Å². The Morgan fingerprint density at radius 3 is 2.57 bits per heavy atom. The van der Waals surface area contributed by atoms with Crippen molar-refractivity contribution >= 4 is 21.7 Å². The molecule has 2 heteroatoms. The van der Waals surface area contributed by atoms with Crippen LogP contribution >= 0.6 is 15.9 Å². The van der Waals surface area contributed by atoms with Crippen LogP contribution in [0.25, 0.3) is 0 Å². The van der Waals surface area contributed by atoms with E-state index >= 15 is 0 Å². The number of benzene rings is 1. The molecule has 1 aromatic carbocycles. The fraction of sp³-hybridized carbons (Fsp3) is 0.250. The predicted octanol–water partition coefficient (Wildman–Crippen LogP) is 3.58. The van der Waals surface area contributed by atoms with Gasteiger partial charge in [-0.25, -0.2) is 0 Å². The SMILES string of the molecule is C=C(Br)C(C(C)=O)c1cccc(C)c1. The second-order valence-corrected chi connectivity index (χ2v) is 4.42. The minimum absolute atomic E-state index is 0.109. The molecule has 1 unspecified atom stereocenters. The van der Waals surface area contributed by atoms with E-state index in [2.05, 4.69) is 22.5 Å². The number of hydrogen-bond donors (Lipinski definition) is 0. The Bertz CT molecular complexity index is 354. The van der Waals surface area contributed by atoms with Gasteiger partial charge in [0.05, 0.1) is 5.92 Å². The van der Waals surface area contributed by atoms with Crippen LogP contribution in [-0.4, -0.2) is 5.78 Å². The van der Waals surface area contributed by atoms with Crippen LogP contribution in [0.4, 0.5) is 0 Å². The van der Waals surface area contributed by atoms with Crippen LogP contribution in [0, 0.1) is 6.92 Å². The number of ketones is 1. The molecule has 0 amide bonds. The first-order valence-corrected chi connectivity index (χ1v) is 5.23. The second-order valence-electron chi connectivity index (χ2n) is 3.40. The van der Waals surface area contributed by atoms with Crippen molar-refractivity contribution in [3.05, 3.63) is 46.5 Å². The predicted molar refractivity (Wildman–Crippen MR) is 62.7 cm³/mol. The lowest BCUT2D eigenvalue weighted by atomic mass is 9.94. The third kappa shape index (κ3) is 2.55. The van der Waals surface area contributed by atoms with Crippen LogP contribution in [0.5, 0.6) is 0 Å². The number of carbonyl (C=O) groups excluding carboxylic acids is 1. The maximum absolute atomic E-state index is 11.4. The van der Waals surface area contributed by atoms with E-state index in [4.69, 9.17) is 0 Å². The summed E-state index contributed by atoms with van der Waals surface area (Å²) in [6.07, 6.45) is 0. The van der Waals surface area contributed by atoms with E-state index in [1.54, 1.807) is 6.92 Å². The second kappa shape index (κ2) is 4.56. The van der Waals surface area contributed by atoms with Gasteiger partial charge in [0.1, 0.15) is 5.78 Å². The minimum Gasteiger partial charge on any atom is -0.299 e. The summed E-state index contributed by atoms with van der Waals surface area (Å²) in [7, 11) is 0. The van der Waals surface area contributed by atoms with Crippen molar-refractivity contribution in [2.24, 2.45) is 0 Å². The summed E-state index contributed by atoms with van der Waals surface area (Å²) in [5.74, 6) is -0.118. The van der Waals surface area contributed by atoms with Crippen LogP contribution in [0.15, 0.2) is 35.3 Å². The lowest BCUT2D eigenvalue weighted by molar-refractivity contribution is -0.117. The molecule has 74 valence electrons. The summed E-state index contributed by atoms with van der Waals surface area (Å²) in [5, 5.41) is 0. The maximum Gasteiger partial charge on any atom is 0.142 e. The summed E-state index contributed by atoms with van der Waals surface area (Å²) in [5.41, 5.74) is 2.15. The van der Waals surface area contributed by atoms with Crippen molar-refractivity contribution in [3.63, 3.8) is 0 Å². The van der Waals surface area contributed by atoms with Gasteiger partial charge in [0.25, 0.3) is 0 Å². The Balaban J connectivity index is 3.12. The number of halogens is 1. The van der Waals surface area contributed by atoms with E-state index in [1.807, 2.05) is 31.2 Å². The molecule has 0 aliphatic rings. The van der Waals surface area contributed by atoms with Gasteiger partial charge in [-0.05, 0) is 19.4 Å². The highest BCUT2D eigenvalue weighted by molar-refractivity contribution is 9.11. The van der Waals surface area contributed by atoms with Crippen LogP contribution in [0.3, 0.4) is 0 Å². The molecule has 1 aromatic rings. The van der Waals surface area contributed by atoms with Crippen LogP contribution in [0.2, 0.25) is 0 Å². The van der Waals surface area contributed by atoms with Crippen LogP contribution in [-0.2, 0) is 4.79 Å². The molecule has 0 heterocycles. The lowest BCUT2D eigenvalue weighted by Gasteiger charge is -2.13. The summed E-state index contributed by atoms with van der Waals surface area (Å²) < 4.78 is 0.718. The Morgan fingerprint density at radius 2 is 2.14 bits per heavy atom. The van der Waals surface area contributed by atoms with Crippen molar-refractivity contribution in [2.45, 2.75) is 19.8 Å². The Labute approximate surface area is 93.0 Å². The zero-order valence-corrected chi connectivity index (χ0v) is 9.97. The largest absolute Gasteiger partial charge is 0.299 e. The van der Waals surface area contributed by atoms with E-state index in [9.17, 15) is 4.79 Å². The molecule has 1 nitrogen and oxygen atoms in total. The van der Waals surface area contributed by atoms with Gasteiger partial charge in [-0.2, -0.15) is 0 Å². The molecule has 0 N–H and O–H groups in total. The maximum atomic E-state index is 11.4. The molecule has 1 rings (SSSR count). The average molecular weight is 253 g/mol. The third-order valence-corrected chi connectivity index (χ3v) is 2.55. The molecule has 0 aromatic heterocycles. The van der Waals surface area contributed by atoms with Crippen molar-refractivity contribution in [1.29, 1.82) is 0 Å². The van der Waals surface area contributed by atoms with Gasteiger partial charge < -0.3 is 0 Å². The molecule has 0 aliphatic heterocycles. The van der Waals surface area contributed by atoms with E-state index in [0.717, 1.165) is 15.6 Å². The van der Waals surface area contributed by atoms with Crippen molar-refractivity contribution in [2.75, 3.05) is 0 Å². The molecule has 0 bridgehead atoms. The molecule has 0 saturated heterocycles. The Hall–Kier alpha value is -0.890. The average Bonchev–Trinajstić information content (AvgIpc) is 2.02. The standard InChI is InChI=1S/C12H13BrO/c1-8-5-4-6-11(7-8)12(9(2)13)10(3)14/h4-7,12H,2H2,1,3H3. The van der Waals surface area contributed by atoms with Crippen molar-refractivity contribution in [3.8, 4) is 0 Å². The summed E-state index contributed by atoms with van der Waals surface area (Å²) >= 11 is 3.29. The number of hydrogen-bond acceptors (Lipinski definition) is 1. The number of Topliss-reactive ketones (excluding diaryl/α,β-unsaturated/α-hetero) is 1. The molecule has 14 heavy (non-hydrogen) atoms. The first kappa shape index (κ1) is 11.2. The monoisotopic (exact) mass is 252 g/mol. The van der Waals surface area contributed by atoms with Gasteiger partial charge in [0.15, 0.2) is 0 Å². The van der Waals surface area contributed by atoms with Gasteiger partial charge in [-0.3, -0.25) is 4.79 Å². The molecular formula is C12H13BrO. The third-order valence-electron chi connectivity index (χ3n) is 2.10. The van der Waals surface area contributed by atoms with Crippen LogP contribution < -0.4 is 0 Å². The first-order chi connectivity index (χ1) is 6.52. The molecule has 0 saturated carbocycles. The Kier molecular flexibility index (Phi) is 3.64. The minimum atomic E-state index is -0.227. The number of aryl methyl sites for hydroxylation is 1. The zero-order chi connectivity index (χ0) is 10.7. The molecule has 0 fully saturated rings. The van der Waals surface area contributed by atoms with E-state index in [-0.39, 0.29) is 11.7 Å². The van der Waals surface area contributed by atoms with Crippen LogP contribution in [0.1, 0.15) is 24.0 Å². The topological polar surface area (TPSA) is 17.1 Å². The highest BCUT2D eigenvalue weighted by Crippen LogP contribution is 2.28. The van der Waals surface area contributed by atoms with Gasteiger partial charge in [0.2, 0.25) is 0 Å². The van der Waals surface area contributed by atoms with E-state index < -0.39 is 0 Å². The summed E-state index contributed by atoms with van der Waals surface area (Å²) in [6.45, 7) is 7.37. The fourth-order valence-electron chi connectivity index (χ4n) is 1.49. The number of allylic oxidation sites excluding steroid dienone is 1. The highest BCUT2D eigenvalue weighted by atomic mass is 79.9. The molecule has 0 spiro atoms. The van der Waals surface area contributed by atoms with E-state index in [1.165, 1.54) is 0 Å². The zero-order valence-electron chi connectivity index (χ0n) is 8.38. The molecule has 0 radical (unpaired) electrons. The first-order valence-electron chi connectivity index (χ1n) is 4.43. The van der Waals surface area contributed by atoms with Crippen molar-refractivity contribution < 1.29 is 4.79 Å². The summed E-state index contributed by atoms with van der Waals surface area (Å²) in [6, 6.07) is 7.93. The molecule has 0 aliphatic carbocycles. The normalized spacial score (nSPS) is 12.2. The van der Waals surface area contributed by atoms with Gasteiger partial charge in [-0.1, -0.05) is 52.3 Å². The quantitative estimate of drug-likeness (QED) is 0.804. The summed E-state index contributed by atoms with van der Waals surface area (Å²) in [4.78, 5) is 11.4. The smallest absolute Gasteiger partial charge is 0.142 e. The van der Waals surface area contributed by atoms with Gasteiger partial charge >= 0.3 is 0 Å². The lowest BCUT2D eigenvalue weighted by Crippen LogP contribution is -2.08. The molecular weight excluding hydrogens is 240 g/mol. The fourth-order valence-corrected chi connectivity index (χ4v) is 2.07. The number of rotatable bonds is 3.